The first-order valence-corrected chi connectivity index (χ1v) is 3.65. The summed E-state index contributed by atoms with van der Waals surface area (Å²) in [6.07, 6.45) is 0. The minimum absolute atomic E-state index is 0.598. The molecule has 0 aliphatic heterocycles. The molecule has 1 rings (SSSR count). The Morgan fingerprint density at radius 3 is 2.50 bits per heavy atom. The average Bonchev–Trinajstić information content (AvgIpc) is 2.28. The Bertz CT molecular complexity index is 306. The zero-order chi connectivity index (χ0) is 9.30. The van der Waals surface area contributed by atoms with Gasteiger partial charge in [-0.3, -0.25) is 0 Å². The molecule has 0 aromatic carbocycles. The average molecular weight is 169 g/mol. The van der Waals surface area contributed by atoms with Crippen LogP contribution in [0.15, 0.2) is 0 Å². The highest BCUT2D eigenvalue weighted by molar-refractivity contribution is 5.71. The number of aliphatic carboxylic acids is 1. The zero-order valence-corrected chi connectivity index (χ0v) is 7.27. The number of rotatable bonds is 2. The van der Waals surface area contributed by atoms with E-state index >= 15 is 0 Å². The first-order chi connectivity index (χ1) is 5.52. The largest absolute Gasteiger partial charge is 0.480 e. The Morgan fingerprint density at radius 1 is 1.58 bits per heavy atom. The van der Waals surface area contributed by atoms with Gasteiger partial charge in [0.2, 0.25) is 0 Å². The van der Waals surface area contributed by atoms with Gasteiger partial charge in [0, 0.05) is 0 Å². The van der Waals surface area contributed by atoms with E-state index in [-0.39, 0.29) is 0 Å². The number of hydrogen-bond acceptors (Lipinski definition) is 3. The van der Waals surface area contributed by atoms with E-state index in [0.29, 0.717) is 11.6 Å². The quantitative estimate of drug-likeness (QED) is 0.701. The van der Waals surface area contributed by atoms with Crippen molar-refractivity contribution in [3.8, 4) is 0 Å². The maximum absolute atomic E-state index is 10.6. The summed E-state index contributed by atoms with van der Waals surface area (Å²) in [5, 5.41) is 12.6. The Hall–Kier alpha value is -1.39. The Kier molecular flexibility index (Phi) is 2.12. The van der Waals surface area contributed by atoms with Crippen molar-refractivity contribution in [3.05, 3.63) is 11.6 Å². The second-order valence-electron chi connectivity index (χ2n) is 2.67. The highest BCUT2D eigenvalue weighted by Crippen LogP contribution is 2.06. The van der Waals surface area contributed by atoms with E-state index in [1.807, 2.05) is 0 Å². The lowest BCUT2D eigenvalue weighted by Crippen LogP contribution is -2.18. The summed E-state index contributed by atoms with van der Waals surface area (Å²) in [5.74, 6) is 0.325. The SMILES string of the molecule is Cc1nc(C)n([C@H](C)C(=O)O)n1. The number of carboxylic acid groups (broad SMARTS) is 1. The second-order valence-corrected chi connectivity index (χ2v) is 2.67. The molecule has 0 unspecified atom stereocenters. The maximum atomic E-state index is 10.6. The summed E-state index contributed by atoms with van der Waals surface area (Å²) in [5.41, 5.74) is 0. The molecule has 12 heavy (non-hydrogen) atoms. The molecule has 0 bridgehead atoms. The van der Waals surface area contributed by atoms with Crippen LogP contribution in [0.4, 0.5) is 0 Å². The van der Waals surface area contributed by atoms with Crippen molar-refractivity contribution in [3.63, 3.8) is 0 Å². The molecular formula is C7H11N3O2. The van der Waals surface area contributed by atoms with Gasteiger partial charge in [0.25, 0.3) is 0 Å². The third kappa shape index (κ3) is 1.44. The lowest BCUT2D eigenvalue weighted by molar-refractivity contribution is -0.140. The van der Waals surface area contributed by atoms with Gasteiger partial charge >= 0.3 is 5.97 Å². The van der Waals surface area contributed by atoms with Gasteiger partial charge in [-0.05, 0) is 20.8 Å². The van der Waals surface area contributed by atoms with E-state index < -0.39 is 12.0 Å². The minimum Gasteiger partial charge on any atom is -0.480 e. The fourth-order valence-electron chi connectivity index (χ4n) is 1.01. The lowest BCUT2D eigenvalue weighted by atomic mass is 10.3. The van der Waals surface area contributed by atoms with Gasteiger partial charge in [0.05, 0.1) is 0 Å². The van der Waals surface area contributed by atoms with Crippen LogP contribution in [0, 0.1) is 13.8 Å². The Balaban J connectivity index is 3.02. The number of hydrogen-bond donors (Lipinski definition) is 1. The lowest BCUT2D eigenvalue weighted by Gasteiger charge is -2.06. The molecular weight excluding hydrogens is 158 g/mol. The van der Waals surface area contributed by atoms with E-state index in [9.17, 15) is 4.79 Å². The van der Waals surface area contributed by atoms with Crippen molar-refractivity contribution in [1.29, 1.82) is 0 Å². The smallest absolute Gasteiger partial charge is 0.328 e. The Morgan fingerprint density at radius 2 is 2.17 bits per heavy atom. The van der Waals surface area contributed by atoms with E-state index in [1.54, 1.807) is 20.8 Å². The summed E-state index contributed by atoms with van der Waals surface area (Å²) in [6.45, 7) is 5.04. The first kappa shape index (κ1) is 8.70. The zero-order valence-electron chi connectivity index (χ0n) is 7.27. The van der Waals surface area contributed by atoms with Gasteiger partial charge in [-0.1, -0.05) is 0 Å². The van der Waals surface area contributed by atoms with Crippen molar-refractivity contribution in [2.75, 3.05) is 0 Å². The van der Waals surface area contributed by atoms with Crippen molar-refractivity contribution in [1.82, 2.24) is 14.8 Å². The number of nitrogens with zero attached hydrogens (tertiary/aromatic N) is 3. The fraction of sp³-hybridized carbons (Fsp3) is 0.571. The predicted octanol–water partition coefficient (Wildman–Crippen LogP) is 0.541. The molecule has 0 radical (unpaired) electrons. The van der Waals surface area contributed by atoms with Crippen LogP contribution in [-0.4, -0.2) is 25.8 Å². The van der Waals surface area contributed by atoms with Crippen molar-refractivity contribution in [2.45, 2.75) is 26.8 Å². The molecule has 1 heterocycles. The highest BCUT2D eigenvalue weighted by atomic mass is 16.4. The third-order valence-electron chi connectivity index (χ3n) is 1.63. The van der Waals surface area contributed by atoms with E-state index in [2.05, 4.69) is 10.1 Å². The van der Waals surface area contributed by atoms with Crippen LogP contribution in [0.2, 0.25) is 0 Å². The van der Waals surface area contributed by atoms with Crippen LogP contribution in [0.1, 0.15) is 24.6 Å². The molecule has 0 fully saturated rings. The monoisotopic (exact) mass is 169 g/mol. The molecule has 0 amide bonds. The molecule has 0 saturated heterocycles. The summed E-state index contributed by atoms with van der Waals surface area (Å²) >= 11 is 0. The van der Waals surface area contributed by atoms with E-state index in [4.69, 9.17) is 5.11 Å². The van der Waals surface area contributed by atoms with Gasteiger partial charge in [-0.15, -0.1) is 0 Å². The summed E-state index contributed by atoms with van der Waals surface area (Å²) < 4.78 is 1.40. The highest BCUT2D eigenvalue weighted by Gasteiger charge is 2.16. The van der Waals surface area contributed by atoms with Crippen LogP contribution in [-0.2, 0) is 4.79 Å². The molecule has 1 aromatic heterocycles. The molecule has 66 valence electrons. The Labute approximate surface area is 70.0 Å². The summed E-state index contributed by atoms with van der Waals surface area (Å²) in [4.78, 5) is 14.6. The molecule has 0 spiro atoms. The van der Waals surface area contributed by atoms with Crippen LogP contribution < -0.4 is 0 Å². The molecule has 0 aliphatic rings. The molecule has 0 saturated carbocycles. The van der Waals surface area contributed by atoms with Crippen molar-refractivity contribution >= 4 is 5.97 Å². The molecule has 0 aliphatic carbocycles. The maximum Gasteiger partial charge on any atom is 0.328 e. The third-order valence-corrected chi connectivity index (χ3v) is 1.63. The van der Waals surface area contributed by atoms with Crippen molar-refractivity contribution < 1.29 is 9.90 Å². The molecule has 5 nitrogen and oxygen atoms in total. The number of aryl methyl sites for hydroxylation is 2. The topological polar surface area (TPSA) is 68.0 Å². The van der Waals surface area contributed by atoms with Crippen LogP contribution in [0.5, 0.6) is 0 Å². The predicted molar refractivity (Wildman–Crippen MR) is 41.8 cm³/mol. The van der Waals surface area contributed by atoms with Gasteiger partial charge in [0.15, 0.2) is 0 Å². The van der Waals surface area contributed by atoms with Crippen LogP contribution >= 0.6 is 0 Å². The first-order valence-electron chi connectivity index (χ1n) is 3.65. The van der Waals surface area contributed by atoms with E-state index in [1.165, 1.54) is 4.68 Å². The fourth-order valence-corrected chi connectivity index (χ4v) is 1.01. The van der Waals surface area contributed by atoms with Crippen LogP contribution in [0.25, 0.3) is 0 Å². The second kappa shape index (κ2) is 2.92. The molecule has 1 aromatic rings. The van der Waals surface area contributed by atoms with Crippen LogP contribution in [0.3, 0.4) is 0 Å². The molecule has 1 atom stereocenters. The normalized spacial score (nSPS) is 12.9. The number of carbonyl (C=O) groups is 1. The standard InChI is InChI=1S/C7H11N3O2/c1-4(7(11)12)10-6(3)8-5(2)9-10/h4H,1-3H3,(H,11,12)/t4-/m1/s1. The number of carboxylic acids is 1. The number of aromatic nitrogens is 3. The summed E-state index contributed by atoms with van der Waals surface area (Å²) in [6, 6.07) is -0.647. The van der Waals surface area contributed by atoms with Crippen molar-refractivity contribution in [2.24, 2.45) is 0 Å². The van der Waals surface area contributed by atoms with Gasteiger partial charge in [0.1, 0.15) is 17.7 Å². The van der Waals surface area contributed by atoms with E-state index in [0.717, 1.165) is 0 Å². The minimum atomic E-state index is -0.900. The van der Waals surface area contributed by atoms with Gasteiger partial charge in [-0.25, -0.2) is 14.5 Å². The van der Waals surface area contributed by atoms with Gasteiger partial charge < -0.3 is 5.11 Å². The molecule has 5 heteroatoms. The van der Waals surface area contributed by atoms with Gasteiger partial charge in [-0.2, -0.15) is 5.10 Å². The molecule has 1 N–H and O–H groups in total. The summed E-state index contributed by atoms with van der Waals surface area (Å²) in [7, 11) is 0.